The minimum Gasteiger partial charge on any atom is -0.480 e. The predicted octanol–water partition coefficient (Wildman–Crippen LogP) is 4.54. The molecule has 0 spiro atoms. The van der Waals surface area contributed by atoms with E-state index < -0.39 is 29.6 Å². The molecule has 5 rings (SSSR count). The van der Waals surface area contributed by atoms with Gasteiger partial charge in [0.1, 0.15) is 18.2 Å². The van der Waals surface area contributed by atoms with Crippen molar-refractivity contribution in [1.29, 1.82) is 0 Å². The number of aliphatic carboxylic acids is 1. The molecule has 1 heterocycles. The van der Waals surface area contributed by atoms with E-state index in [0.29, 0.717) is 19.5 Å². The second-order valence-corrected chi connectivity index (χ2v) is 10.6. The third-order valence-corrected chi connectivity index (χ3v) is 8.09. The number of benzene rings is 3. The van der Waals surface area contributed by atoms with Gasteiger partial charge in [0.25, 0.3) is 0 Å². The second kappa shape index (κ2) is 11.9. The van der Waals surface area contributed by atoms with Gasteiger partial charge >= 0.3 is 12.1 Å². The molecule has 208 valence electrons. The standard InChI is InChI=1S/C32H35N3O5/c1-2-28(29(36)34-32(30(37)38)16-18-35(19-17-32)20-22-10-4-3-5-11-22)33-31(39)40-21-27-25-14-8-6-12-23(25)24-13-7-9-15-26(24)27/h3-15,27-28H,2,16-21H2,1H3,(H,33,39)(H,34,36)(H,37,38)/t28-/m1/s1. The van der Waals surface area contributed by atoms with Crippen LogP contribution >= 0.6 is 0 Å². The van der Waals surface area contributed by atoms with E-state index in [2.05, 4.69) is 27.7 Å². The fourth-order valence-corrected chi connectivity index (χ4v) is 5.79. The van der Waals surface area contributed by atoms with Crippen LogP contribution in [0.25, 0.3) is 11.1 Å². The minimum atomic E-state index is -1.37. The van der Waals surface area contributed by atoms with E-state index >= 15 is 0 Å². The van der Waals surface area contributed by atoms with E-state index in [1.54, 1.807) is 6.92 Å². The van der Waals surface area contributed by atoms with Crippen molar-refractivity contribution in [1.82, 2.24) is 15.5 Å². The Morgan fingerprint density at radius 3 is 2.08 bits per heavy atom. The largest absolute Gasteiger partial charge is 0.480 e. The summed E-state index contributed by atoms with van der Waals surface area (Å²) in [5.41, 5.74) is 4.25. The van der Waals surface area contributed by atoms with Crippen LogP contribution in [0.1, 0.15) is 48.8 Å². The number of carbonyl (C=O) groups excluding carboxylic acids is 2. The summed E-state index contributed by atoms with van der Waals surface area (Å²) in [6, 6.07) is 25.3. The number of piperidine rings is 1. The summed E-state index contributed by atoms with van der Waals surface area (Å²) in [5, 5.41) is 15.5. The Bertz CT molecular complexity index is 1320. The van der Waals surface area contributed by atoms with E-state index in [1.807, 2.05) is 66.7 Å². The number of likely N-dealkylation sites (tertiary alicyclic amines) is 1. The number of carbonyl (C=O) groups is 3. The molecular weight excluding hydrogens is 506 g/mol. The molecule has 1 aliphatic heterocycles. The zero-order valence-electron chi connectivity index (χ0n) is 22.6. The SMILES string of the molecule is CC[C@@H](NC(=O)OCC1c2ccccc2-c2ccccc21)C(=O)NC1(C(=O)O)CCN(Cc2ccccc2)CC1. The molecule has 2 aliphatic rings. The summed E-state index contributed by atoms with van der Waals surface area (Å²) >= 11 is 0. The van der Waals surface area contributed by atoms with Crippen molar-refractivity contribution in [3.8, 4) is 11.1 Å². The summed E-state index contributed by atoms with van der Waals surface area (Å²) in [6.45, 7) is 3.71. The molecule has 1 saturated heterocycles. The first kappa shape index (κ1) is 27.4. The first-order valence-electron chi connectivity index (χ1n) is 13.8. The zero-order valence-corrected chi connectivity index (χ0v) is 22.6. The van der Waals surface area contributed by atoms with Crippen LogP contribution < -0.4 is 10.6 Å². The number of nitrogens with zero attached hydrogens (tertiary/aromatic N) is 1. The number of fused-ring (bicyclic) bond motifs is 3. The van der Waals surface area contributed by atoms with Gasteiger partial charge in [-0.2, -0.15) is 0 Å². The summed E-state index contributed by atoms with van der Waals surface area (Å²) in [6.07, 6.45) is 0.155. The first-order valence-corrected chi connectivity index (χ1v) is 13.8. The molecule has 1 aliphatic carbocycles. The van der Waals surface area contributed by atoms with Crippen LogP contribution in [0, 0.1) is 0 Å². The summed E-state index contributed by atoms with van der Waals surface area (Å²) in [7, 11) is 0. The number of hydrogen-bond donors (Lipinski definition) is 3. The molecule has 8 nitrogen and oxygen atoms in total. The van der Waals surface area contributed by atoms with E-state index in [-0.39, 0.29) is 25.4 Å². The average Bonchev–Trinajstić information content (AvgIpc) is 3.30. The van der Waals surface area contributed by atoms with Gasteiger partial charge in [0, 0.05) is 25.6 Å². The maximum absolute atomic E-state index is 13.2. The van der Waals surface area contributed by atoms with Crippen molar-refractivity contribution < 1.29 is 24.2 Å². The van der Waals surface area contributed by atoms with Gasteiger partial charge in [0.2, 0.25) is 5.91 Å². The van der Waals surface area contributed by atoms with Crippen LogP contribution in [0.3, 0.4) is 0 Å². The van der Waals surface area contributed by atoms with Crippen molar-refractivity contribution in [3.63, 3.8) is 0 Å². The Morgan fingerprint density at radius 1 is 0.925 bits per heavy atom. The van der Waals surface area contributed by atoms with E-state index in [9.17, 15) is 19.5 Å². The molecule has 0 unspecified atom stereocenters. The number of carboxylic acid groups (broad SMARTS) is 1. The molecule has 1 atom stereocenters. The van der Waals surface area contributed by atoms with E-state index in [1.165, 1.54) is 0 Å². The van der Waals surface area contributed by atoms with Crippen molar-refractivity contribution in [2.24, 2.45) is 0 Å². The van der Waals surface area contributed by atoms with Crippen LogP contribution in [0.5, 0.6) is 0 Å². The number of alkyl carbamates (subject to hydrolysis) is 1. The summed E-state index contributed by atoms with van der Waals surface area (Å²) in [4.78, 5) is 40.5. The fourth-order valence-electron chi connectivity index (χ4n) is 5.79. The number of ether oxygens (including phenoxy) is 1. The molecule has 1 fully saturated rings. The van der Waals surface area contributed by atoms with E-state index in [4.69, 9.17) is 4.74 Å². The predicted molar refractivity (Wildman–Crippen MR) is 152 cm³/mol. The number of nitrogens with one attached hydrogen (secondary N) is 2. The number of hydrogen-bond acceptors (Lipinski definition) is 5. The van der Waals surface area contributed by atoms with Crippen LogP contribution in [-0.2, 0) is 20.9 Å². The third-order valence-electron chi connectivity index (χ3n) is 8.09. The molecule has 2 amide bonds. The molecule has 8 heteroatoms. The zero-order chi connectivity index (χ0) is 28.1. The molecule has 0 bridgehead atoms. The van der Waals surface area contributed by atoms with Crippen LogP contribution in [-0.4, -0.2) is 59.3 Å². The Kier molecular flexibility index (Phi) is 8.16. The van der Waals surface area contributed by atoms with Gasteiger partial charge in [-0.25, -0.2) is 9.59 Å². The van der Waals surface area contributed by atoms with Gasteiger partial charge in [-0.3, -0.25) is 9.69 Å². The molecule has 3 aromatic carbocycles. The van der Waals surface area contributed by atoms with E-state index in [0.717, 1.165) is 34.4 Å². The van der Waals surface area contributed by atoms with Gasteiger partial charge in [-0.15, -0.1) is 0 Å². The van der Waals surface area contributed by atoms with Crippen molar-refractivity contribution in [2.45, 2.75) is 50.2 Å². The molecule has 3 N–H and O–H groups in total. The highest BCUT2D eigenvalue weighted by molar-refractivity contribution is 5.91. The molecule has 0 radical (unpaired) electrons. The third kappa shape index (κ3) is 5.72. The van der Waals surface area contributed by atoms with Crippen molar-refractivity contribution in [3.05, 3.63) is 95.6 Å². The maximum atomic E-state index is 13.2. The van der Waals surface area contributed by atoms with Gasteiger partial charge in [0.05, 0.1) is 0 Å². The molecule has 40 heavy (non-hydrogen) atoms. The summed E-state index contributed by atoms with van der Waals surface area (Å²) in [5.74, 6) is -1.67. The Labute approximate surface area is 234 Å². The highest BCUT2D eigenvalue weighted by Gasteiger charge is 2.44. The number of carboxylic acids is 1. The quantitative estimate of drug-likeness (QED) is 0.367. The highest BCUT2D eigenvalue weighted by Crippen LogP contribution is 2.44. The topological polar surface area (TPSA) is 108 Å². The average molecular weight is 542 g/mol. The lowest BCUT2D eigenvalue weighted by Crippen LogP contribution is -2.63. The summed E-state index contributed by atoms with van der Waals surface area (Å²) < 4.78 is 5.60. The lowest BCUT2D eigenvalue weighted by atomic mass is 9.86. The van der Waals surface area contributed by atoms with Crippen molar-refractivity contribution >= 4 is 18.0 Å². The smallest absolute Gasteiger partial charge is 0.407 e. The van der Waals surface area contributed by atoms with Gasteiger partial charge in [-0.05, 0) is 47.1 Å². The second-order valence-electron chi connectivity index (χ2n) is 10.6. The van der Waals surface area contributed by atoms with Crippen molar-refractivity contribution in [2.75, 3.05) is 19.7 Å². The van der Waals surface area contributed by atoms with Gasteiger partial charge < -0.3 is 20.5 Å². The van der Waals surface area contributed by atoms with Gasteiger partial charge in [0.15, 0.2) is 0 Å². The number of amides is 2. The minimum absolute atomic E-state index is 0.0941. The molecular formula is C32H35N3O5. The lowest BCUT2D eigenvalue weighted by Gasteiger charge is -2.40. The Morgan fingerprint density at radius 2 is 1.50 bits per heavy atom. The molecule has 0 aromatic heterocycles. The van der Waals surface area contributed by atoms with Crippen LogP contribution in [0.2, 0.25) is 0 Å². The number of rotatable bonds is 9. The Hall–Kier alpha value is -4.17. The molecule has 3 aromatic rings. The first-order chi connectivity index (χ1) is 19.4. The lowest BCUT2D eigenvalue weighted by molar-refractivity contribution is -0.150. The fraction of sp³-hybridized carbons (Fsp3) is 0.344. The molecule has 0 saturated carbocycles. The maximum Gasteiger partial charge on any atom is 0.407 e. The van der Waals surface area contributed by atoms with Gasteiger partial charge in [-0.1, -0.05) is 85.8 Å². The highest BCUT2D eigenvalue weighted by atomic mass is 16.5. The van der Waals surface area contributed by atoms with Crippen LogP contribution in [0.15, 0.2) is 78.9 Å². The van der Waals surface area contributed by atoms with Crippen LogP contribution in [0.4, 0.5) is 4.79 Å². The monoisotopic (exact) mass is 541 g/mol. The normalized spacial score (nSPS) is 16.8. The Balaban J connectivity index is 1.17.